The van der Waals surface area contributed by atoms with E-state index in [1.807, 2.05) is 6.07 Å². The van der Waals surface area contributed by atoms with Crippen molar-refractivity contribution in [2.24, 2.45) is 0 Å². The van der Waals surface area contributed by atoms with Crippen molar-refractivity contribution in [3.8, 4) is 0 Å². The molecule has 2 heterocycles. The molecule has 1 N–H and O–H groups in total. The quantitative estimate of drug-likeness (QED) is 0.860. The summed E-state index contributed by atoms with van der Waals surface area (Å²) in [6, 6.07) is 8.93. The minimum Gasteiger partial charge on any atom is -0.326 e. The molecule has 3 rings (SSSR count). The first-order valence-corrected chi connectivity index (χ1v) is 6.45. The number of nitrogens with one attached hydrogen (secondary N) is 1. The predicted molar refractivity (Wildman–Crippen MR) is 73.5 cm³/mol. The second kappa shape index (κ2) is 5.21. The van der Waals surface area contributed by atoms with Crippen LogP contribution in [0, 0.1) is 0 Å². The number of fused-ring (bicyclic) bond motifs is 1. The number of hydrogen-bond acceptors (Lipinski definition) is 4. The van der Waals surface area contributed by atoms with Crippen molar-refractivity contribution in [2.45, 2.75) is 19.3 Å². The van der Waals surface area contributed by atoms with E-state index < -0.39 is 0 Å². The van der Waals surface area contributed by atoms with Crippen LogP contribution in [0.4, 0.5) is 5.69 Å². The first-order valence-electron chi connectivity index (χ1n) is 6.45. The molecule has 0 unspecified atom stereocenters. The highest BCUT2D eigenvalue weighted by molar-refractivity contribution is 5.99. The Bertz CT molecular complexity index is 668. The number of nitrogens with zero attached hydrogens (tertiary/aromatic N) is 2. The Kier molecular flexibility index (Phi) is 3.25. The van der Waals surface area contributed by atoms with Gasteiger partial charge in [0.2, 0.25) is 5.91 Å². The highest BCUT2D eigenvalue weighted by atomic mass is 16.1. The predicted octanol–water partition coefficient (Wildman–Crippen LogP) is 1.79. The van der Waals surface area contributed by atoms with E-state index in [9.17, 15) is 9.59 Å². The van der Waals surface area contributed by atoms with Gasteiger partial charge in [-0.05, 0) is 42.3 Å². The lowest BCUT2D eigenvalue weighted by Gasteiger charge is -2.17. The van der Waals surface area contributed by atoms with Crippen LogP contribution in [-0.4, -0.2) is 21.9 Å². The van der Waals surface area contributed by atoms with Gasteiger partial charge in [-0.2, -0.15) is 10.2 Å². The number of carbonyl (C=O) groups excluding carboxylic acids is 2. The molecule has 100 valence electrons. The van der Waals surface area contributed by atoms with Gasteiger partial charge in [-0.15, -0.1) is 0 Å². The number of benzene rings is 1. The Morgan fingerprint density at radius 3 is 2.95 bits per heavy atom. The number of ketones is 1. The SMILES string of the molecule is O=C1CCc2cc(C(=O)Cc3cccnn3)ccc2N1. The van der Waals surface area contributed by atoms with Crippen LogP contribution >= 0.6 is 0 Å². The summed E-state index contributed by atoms with van der Waals surface area (Å²) >= 11 is 0. The molecule has 0 saturated heterocycles. The van der Waals surface area contributed by atoms with Gasteiger partial charge in [-0.25, -0.2) is 0 Å². The van der Waals surface area contributed by atoms with Crippen molar-refractivity contribution in [2.75, 3.05) is 5.32 Å². The van der Waals surface area contributed by atoms with Gasteiger partial charge in [0.05, 0.1) is 12.1 Å². The fraction of sp³-hybridized carbons (Fsp3) is 0.200. The van der Waals surface area contributed by atoms with E-state index in [0.717, 1.165) is 11.3 Å². The third-order valence-electron chi connectivity index (χ3n) is 3.29. The topological polar surface area (TPSA) is 72.0 Å². The highest BCUT2D eigenvalue weighted by Crippen LogP contribution is 2.24. The third kappa shape index (κ3) is 2.56. The molecule has 20 heavy (non-hydrogen) atoms. The Labute approximate surface area is 116 Å². The van der Waals surface area contributed by atoms with Gasteiger partial charge in [-0.3, -0.25) is 9.59 Å². The number of hydrogen-bond donors (Lipinski definition) is 1. The number of aryl methyl sites for hydroxylation is 1. The molecule has 1 aliphatic rings. The molecule has 0 spiro atoms. The molecule has 0 fully saturated rings. The van der Waals surface area contributed by atoms with Crippen LogP contribution in [0.3, 0.4) is 0 Å². The fourth-order valence-corrected chi connectivity index (χ4v) is 2.25. The molecule has 2 aromatic rings. The van der Waals surface area contributed by atoms with E-state index in [0.29, 0.717) is 24.1 Å². The first kappa shape index (κ1) is 12.5. The molecule has 0 atom stereocenters. The van der Waals surface area contributed by atoms with Gasteiger partial charge >= 0.3 is 0 Å². The van der Waals surface area contributed by atoms with Crippen LogP contribution in [0.5, 0.6) is 0 Å². The van der Waals surface area contributed by atoms with Gasteiger partial charge in [0.15, 0.2) is 5.78 Å². The standard InChI is InChI=1S/C15H13N3O2/c19-14(9-12-2-1-7-16-18-12)11-3-5-13-10(8-11)4-6-15(20)17-13/h1-3,5,7-8H,4,6,9H2,(H,17,20). The van der Waals surface area contributed by atoms with E-state index in [4.69, 9.17) is 0 Å². The summed E-state index contributed by atoms with van der Waals surface area (Å²) in [6.45, 7) is 0. The molecule has 1 aliphatic heterocycles. The molecule has 0 aliphatic carbocycles. The summed E-state index contributed by atoms with van der Waals surface area (Å²) < 4.78 is 0. The average Bonchev–Trinajstić information content (AvgIpc) is 2.47. The van der Waals surface area contributed by atoms with Crippen LogP contribution in [0.25, 0.3) is 0 Å². The van der Waals surface area contributed by atoms with Gasteiger partial charge in [0, 0.05) is 23.9 Å². The zero-order chi connectivity index (χ0) is 13.9. The number of Topliss-reactive ketones (excluding diaryl/α,β-unsaturated/α-hetero) is 1. The van der Waals surface area contributed by atoms with E-state index in [1.54, 1.807) is 30.5 Å². The summed E-state index contributed by atoms with van der Waals surface area (Å²) in [5, 5.41) is 10.5. The van der Waals surface area contributed by atoms with Crippen LogP contribution < -0.4 is 5.32 Å². The monoisotopic (exact) mass is 267 g/mol. The molecular formula is C15H13N3O2. The Balaban J connectivity index is 1.81. The normalized spacial score (nSPS) is 13.5. The number of amides is 1. The minimum absolute atomic E-state index is 0.00481. The molecule has 0 saturated carbocycles. The summed E-state index contributed by atoms with van der Waals surface area (Å²) in [6.07, 6.45) is 2.96. The molecule has 0 radical (unpaired) electrons. The summed E-state index contributed by atoms with van der Waals surface area (Å²) in [4.78, 5) is 23.5. The van der Waals surface area contributed by atoms with Crippen molar-refractivity contribution < 1.29 is 9.59 Å². The van der Waals surface area contributed by atoms with Crippen molar-refractivity contribution in [1.29, 1.82) is 0 Å². The number of anilines is 1. The third-order valence-corrected chi connectivity index (χ3v) is 3.29. The van der Waals surface area contributed by atoms with E-state index >= 15 is 0 Å². The maximum absolute atomic E-state index is 12.2. The molecule has 1 aromatic carbocycles. The Hall–Kier alpha value is -2.56. The lowest BCUT2D eigenvalue weighted by atomic mass is 9.97. The van der Waals surface area contributed by atoms with E-state index in [1.165, 1.54) is 0 Å². The van der Waals surface area contributed by atoms with Crippen LogP contribution in [0.1, 0.15) is 28.0 Å². The van der Waals surface area contributed by atoms with Gasteiger partial charge in [0.1, 0.15) is 0 Å². The number of carbonyl (C=O) groups is 2. The van der Waals surface area contributed by atoms with Crippen LogP contribution in [0.15, 0.2) is 36.5 Å². The zero-order valence-corrected chi connectivity index (χ0v) is 10.8. The molecular weight excluding hydrogens is 254 g/mol. The number of rotatable bonds is 3. The van der Waals surface area contributed by atoms with Crippen molar-refractivity contribution in [3.05, 3.63) is 53.3 Å². The Morgan fingerprint density at radius 1 is 1.25 bits per heavy atom. The molecule has 0 bridgehead atoms. The lowest BCUT2D eigenvalue weighted by molar-refractivity contribution is -0.116. The highest BCUT2D eigenvalue weighted by Gasteiger charge is 2.17. The number of aromatic nitrogens is 2. The molecule has 5 nitrogen and oxygen atoms in total. The fourth-order valence-electron chi connectivity index (χ4n) is 2.25. The largest absolute Gasteiger partial charge is 0.326 e. The van der Waals surface area contributed by atoms with Gasteiger partial charge < -0.3 is 5.32 Å². The van der Waals surface area contributed by atoms with Crippen molar-refractivity contribution >= 4 is 17.4 Å². The molecule has 5 heteroatoms. The zero-order valence-electron chi connectivity index (χ0n) is 10.8. The second-order valence-electron chi connectivity index (χ2n) is 4.74. The second-order valence-corrected chi connectivity index (χ2v) is 4.74. The minimum atomic E-state index is 0.00481. The summed E-state index contributed by atoms with van der Waals surface area (Å²) in [5.41, 5.74) is 3.11. The molecule has 1 amide bonds. The summed E-state index contributed by atoms with van der Waals surface area (Å²) in [5.74, 6) is 0.0290. The van der Waals surface area contributed by atoms with Crippen molar-refractivity contribution in [1.82, 2.24) is 10.2 Å². The van der Waals surface area contributed by atoms with Crippen molar-refractivity contribution in [3.63, 3.8) is 0 Å². The molecule has 1 aromatic heterocycles. The maximum Gasteiger partial charge on any atom is 0.224 e. The van der Waals surface area contributed by atoms with Crippen LogP contribution in [0.2, 0.25) is 0 Å². The van der Waals surface area contributed by atoms with Gasteiger partial charge in [0.25, 0.3) is 0 Å². The maximum atomic E-state index is 12.2. The average molecular weight is 267 g/mol. The van der Waals surface area contributed by atoms with E-state index in [2.05, 4.69) is 15.5 Å². The Morgan fingerprint density at radius 2 is 2.15 bits per heavy atom. The first-order chi connectivity index (χ1) is 9.72. The lowest BCUT2D eigenvalue weighted by Crippen LogP contribution is -2.19. The smallest absolute Gasteiger partial charge is 0.224 e. The van der Waals surface area contributed by atoms with Crippen LogP contribution in [-0.2, 0) is 17.6 Å². The summed E-state index contributed by atoms with van der Waals surface area (Å²) in [7, 11) is 0. The van der Waals surface area contributed by atoms with Gasteiger partial charge in [-0.1, -0.05) is 0 Å². The van der Waals surface area contributed by atoms with E-state index in [-0.39, 0.29) is 18.1 Å².